The lowest BCUT2D eigenvalue weighted by Crippen LogP contribution is -2.20. The van der Waals surface area contributed by atoms with E-state index >= 15 is 0 Å². The number of aliphatic hydroxyl groups excluding tert-OH is 1. The number of aliphatic hydroxyl groups is 1. The van der Waals surface area contributed by atoms with Crippen molar-refractivity contribution in [1.29, 1.82) is 0 Å². The second-order valence-electron chi connectivity index (χ2n) is 6.44. The number of ether oxygens (including phenoxy) is 2. The van der Waals surface area contributed by atoms with Crippen molar-refractivity contribution in [3.8, 4) is 5.75 Å². The maximum atomic E-state index is 12.0. The number of para-hydroxylation sites is 1. The SMILES string of the molecule is CCOC(=O)C1=C(O)/C(=C/c2ccc(OCC(=O)Nc3ccccc3)cc2)N=C1C. The number of benzene rings is 2. The molecule has 30 heavy (non-hydrogen) atoms. The molecule has 0 fully saturated rings. The molecule has 2 aromatic carbocycles. The highest BCUT2D eigenvalue weighted by molar-refractivity contribution is 6.22. The lowest BCUT2D eigenvalue weighted by Gasteiger charge is -2.07. The van der Waals surface area contributed by atoms with E-state index in [0.29, 0.717) is 17.1 Å². The Balaban J connectivity index is 1.62. The fourth-order valence-corrected chi connectivity index (χ4v) is 2.82. The van der Waals surface area contributed by atoms with E-state index in [-0.39, 0.29) is 36.2 Å². The van der Waals surface area contributed by atoms with Crippen LogP contribution in [0.25, 0.3) is 6.08 Å². The quantitative estimate of drug-likeness (QED) is 0.680. The van der Waals surface area contributed by atoms with Gasteiger partial charge in [0.15, 0.2) is 12.4 Å². The summed E-state index contributed by atoms with van der Waals surface area (Å²) >= 11 is 0. The van der Waals surface area contributed by atoms with Crippen molar-refractivity contribution in [3.63, 3.8) is 0 Å². The largest absolute Gasteiger partial charge is 0.505 e. The molecule has 0 radical (unpaired) electrons. The number of esters is 1. The smallest absolute Gasteiger partial charge is 0.343 e. The molecule has 0 atom stereocenters. The van der Waals surface area contributed by atoms with E-state index in [9.17, 15) is 14.7 Å². The molecule has 0 saturated carbocycles. The Morgan fingerprint density at radius 3 is 2.47 bits per heavy atom. The van der Waals surface area contributed by atoms with Crippen molar-refractivity contribution < 1.29 is 24.2 Å². The summed E-state index contributed by atoms with van der Waals surface area (Å²) in [6.07, 6.45) is 1.65. The van der Waals surface area contributed by atoms with Gasteiger partial charge in [0, 0.05) is 5.69 Å². The van der Waals surface area contributed by atoms with Crippen molar-refractivity contribution >= 4 is 29.4 Å². The molecule has 3 rings (SSSR count). The molecule has 2 aromatic rings. The zero-order valence-electron chi connectivity index (χ0n) is 16.7. The lowest BCUT2D eigenvalue weighted by molar-refractivity contribution is -0.138. The first-order chi connectivity index (χ1) is 14.5. The summed E-state index contributed by atoms with van der Waals surface area (Å²) in [6.45, 7) is 3.43. The van der Waals surface area contributed by atoms with E-state index in [1.54, 1.807) is 56.3 Å². The van der Waals surface area contributed by atoms with Gasteiger partial charge in [-0.15, -0.1) is 0 Å². The third-order valence-electron chi connectivity index (χ3n) is 4.22. The molecule has 0 spiro atoms. The van der Waals surface area contributed by atoms with Crippen LogP contribution in [0.4, 0.5) is 5.69 Å². The number of amides is 1. The van der Waals surface area contributed by atoms with E-state index in [1.165, 1.54) is 0 Å². The van der Waals surface area contributed by atoms with Crippen LogP contribution in [0.1, 0.15) is 19.4 Å². The summed E-state index contributed by atoms with van der Waals surface area (Å²) < 4.78 is 10.4. The minimum Gasteiger partial charge on any atom is -0.505 e. The Morgan fingerprint density at radius 2 is 1.80 bits per heavy atom. The Morgan fingerprint density at radius 1 is 1.10 bits per heavy atom. The number of carbonyl (C=O) groups is 2. The molecule has 0 saturated heterocycles. The summed E-state index contributed by atoms with van der Waals surface area (Å²) in [5, 5.41) is 13.1. The van der Waals surface area contributed by atoms with Crippen LogP contribution >= 0.6 is 0 Å². The van der Waals surface area contributed by atoms with Gasteiger partial charge in [-0.2, -0.15) is 0 Å². The van der Waals surface area contributed by atoms with Gasteiger partial charge in [-0.25, -0.2) is 9.79 Å². The van der Waals surface area contributed by atoms with Gasteiger partial charge in [-0.1, -0.05) is 30.3 Å². The van der Waals surface area contributed by atoms with Gasteiger partial charge >= 0.3 is 5.97 Å². The third kappa shape index (κ3) is 5.14. The van der Waals surface area contributed by atoms with Crippen LogP contribution in [-0.2, 0) is 14.3 Å². The Bertz CT molecular complexity index is 1020. The molecule has 2 N–H and O–H groups in total. The van der Waals surface area contributed by atoms with Gasteiger partial charge in [0.25, 0.3) is 5.91 Å². The monoisotopic (exact) mass is 406 g/mol. The maximum absolute atomic E-state index is 12.0. The lowest BCUT2D eigenvalue weighted by atomic mass is 10.1. The topological polar surface area (TPSA) is 97.2 Å². The number of carbonyl (C=O) groups excluding carboxylic acids is 2. The first-order valence-electron chi connectivity index (χ1n) is 9.43. The summed E-state index contributed by atoms with van der Waals surface area (Å²) in [5.74, 6) is -0.538. The molecular formula is C23H22N2O5. The zero-order chi connectivity index (χ0) is 21.5. The van der Waals surface area contributed by atoms with E-state index in [4.69, 9.17) is 9.47 Å². The zero-order valence-corrected chi connectivity index (χ0v) is 16.7. The predicted octanol–water partition coefficient (Wildman–Crippen LogP) is 3.89. The van der Waals surface area contributed by atoms with Gasteiger partial charge in [0.1, 0.15) is 17.0 Å². The molecule has 1 heterocycles. The van der Waals surface area contributed by atoms with E-state index < -0.39 is 5.97 Å². The third-order valence-corrected chi connectivity index (χ3v) is 4.22. The molecule has 0 aromatic heterocycles. The van der Waals surface area contributed by atoms with Gasteiger partial charge in [-0.05, 0) is 49.8 Å². The number of aliphatic imine (C=N–C) groups is 1. The van der Waals surface area contributed by atoms with Crippen LogP contribution < -0.4 is 10.1 Å². The molecule has 1 aliphatic rings. The molecular weight excluding hydrogens is 384 g/mol. The predicted molar refractivity (Wildman–Crippen MR) is 114 cm³/mol. The first kappa shape index (κ1) is 20.9. The number of nitrogens with one attached hydrogen (secondary N) is 1. The first-order valence-corrected chi connectivity index (χ1v) is 9.43. The number of hydrogen-bond donors (Lipinski definition) is 2. The van der Waals surface area contributed by atoms with Gasteiger partial charge in [0.05, 0.1) is 12.3 Å². The van der Waals surface area contributed by atoms with Crippen molar-refractivity contribution in [2.45, 2.75) is 13.8 Å². The van der Waals surface area contributed by atoms with Crippen LogP contribution in [0.2, 0.25) is 0 Å². The van der Waals surface area contributed by atoms with Crippen molar-refractivity contribution in [1.82, 2.24) is 0 Å². The van der Waals surface area contributed by atoms with Crippen LogP contribution in [-0.4, -0.2) is 35.9 Å². The van der Waals surface area contributed by atoms with Gasteiger partial charge < -0.3 is 19.9 Å². The average Bonchev–Trinajstić information content (AvgIpc) is 3.01. The standard InChI is InChI=1S/C23H22N2O5/c1-3-29-23(28)21-15(2)24-19(22(21)27)13-16-9-11-18(12-10-16)30-14-20(26)25-17-7-5-4-6-8-17/h4-13,27H,3,14H2,1-2H3,(H,25,26)/b19-13-. The van der Waals surface area contributed by atoms with Gasteiger partial charge in [-0.3, -0.25) is 4.79 Å². The van der Waals surface area contributed by atoms with Crippen LogP contribution in [0.3, 0.4) is 0 Å². The number of anilines is 1. The van der Waals surface area contributed by atoms with Crippen molar-refractivity contribution in [2.24, 2.45) is 4.99 Å². The van der Waals surface area contributed by atoms with Crippen LogP contribution in [0.5, 0.6) is 5.75 Å². The van der Waals surface area contributed by atoms with E-state index in [2.05, 4.69) is 10.3 Å². The van der Waals surface area contributed by atoms with Crippen LogP contribution in [0, 0.1) is 0 Å². The molecule has 0 aliphatic carbocycles. The summed E-state index contributed by atoms with van der Waals surface area (Å²) in [5.41, 5.74) is 2.22. The Kier molecular flexibility index (Phi) is 6.64. The molecule has 7 heteroatoms. The summed E-state index contributed by atoms with van der Waals surface area (Å²) in [4.78, 5) is 28.1. The van der Waals surface area contributed by atoms with E-state index in [0.717, 1.165) is 5.56 Å². The van der Waals surface area contributed by atoms with Gasteiger partial charge in [0.2, 0.25) is 0 Å². The fraction of sp³-hybridized carbons (Fsp3) is 0.174. The Hall–Kier alpha value is -3.87. The summed E-state index contributed by atoms with van der Waals surface area (Å²) in [7, 11) is 0. The maximum Gasteiger partial charge on any atom is 0.343 e. The second kappa shape index (κ2) is 9.56. The highest BCUT2D eigenvalue weighted by Gasteiger charge is 2.27. The molecule has 0 bridgehead atoms. The average molecular weight is 406 g/mol. The molecule has 154 valence electrons. The minimum atomic E-state index is -0.600. The second-order valence-corrected chi connectivity index (χ2v) is 6.44. The number of hydrogen-bond acceptors (Lipinski definition) is 6. The Labute approximate surface area is 174 Å². The number of nitrogens with zero attached hydrogens (tertiary/aromatic N) is 1. The summed E-state index contributed by atoms with van der Waals surface area (Å²) in [6, 6.07) is 16.1. The van der Waals surface area contributed by atoms with Crippen molar-refractivity contribution in [2.75, 3.05) is 18.5 Å². The normalized spacial score (nSPS) is 14.5. The molecule has 0 unspecified atom stereocenters. The highest BCUT2D eigenvalue weighted by atomic mass is 16.5. The van der Waals surface area contributed by atoms with E-state index in [1.807, 2.05) is 18.2 Å². The highest BCUT2D eigenvalue weighted by Crippen LogP contribution is 2.26. The number of rotatable bonds is 7. The molecule has 7 nitrogen and oxygen atoms in total. The minimum absolute atomic E-state index is 0.0764. The van der Waals surface area contributed by atoms with Crippen molar-refractivity contribution in [3.05, 3.63) is 77.2 Å². The molecule has 1 aliphatic heterocycles. The molecule has 1 amide bonds. The van der Waals surface area contributed by atoms with Crippen LogP contribution in [0.15, 0.2) is 76.6 Å². The fourth-order valence-electron chi connectivity index (χ4n) is 2.82.